The molecule has 0 aliphatic carbocycles. The molecule has 6 heteroatoms. The quantitative estimate of drug-likeness (QED) is 0.543. The normalized spacial score (nSPS) is 10.1. The van der Waals surface area contributed by atoms with Crippen molar-refractivity contribution in [2.24, 2.45) is 0 Å². The van der Waals surface area contributed by atoms with E-state index in [9.17, 15) is 9.59 Å². The molecule has 0 unspecified atom stereocenters. The molecule has 2 rings (SSSR count). The molecule has 5 nitrogen and oxygen atoms in total. The van der Waals surface area contributed by atoms with Crippen LogP contribution in [0.15, 0.2) is 46.9 Å². The van der Waals surface area contributed by atoms with Crippen LogP contribution in [0.25, 0.3) is 0 Å². The fourth-order valence-corrected chi connectivity index (χ4v) is 2.44. The maximum Gasteiger partial charge on any atom is 0.343 e. The summed E-state index contributed by atoms with van der Waals surface area (Å²) in [6, 6.07) is 11.1. The summed E-state index contributed by atoms with van der Waals surface area (Å²) in [4.78, 5) is 23.9. The Bertz CT molecular complexity index is 725. The number of methoxy groups -OCH3 is 1. The highest BCUT2D eigenvalue weighted by molar-refractivity contribution is 9.10. The van der Waals surface area contributed by atoms with E-state index in [1.54, 1.807) is 49.6 Å². The van der Waals surface area contributed by atoms with Crippen LogP contribution in [0, 0.1) is 0 Å². The Balaban J connectivity index is 2.04. The van der Waals surface area contributed by atoms with Gasteiger partial charge in [0, 0.05) is 0 Å². The molecule has 0 N–H and O–H groups in total. The number of hydrogen-bond acceptors (Lipinski definition) is 5. The lowest BCUT2D eigenvalue weighted by Crippen LogP contribution is -2.09. The zero-order chi connectivity index (χ0) is 17.5. The molecule has 0 radical (unpaired) electrons. The van der Waals surface area contributed by atoms with E-state index < -0.39 is 11.9 Å². The van der Waals surface area contributed by atoms with Crippen molar-refractivity contribution in [1.82, 2.24) is 0 Å². The number of halogens is 1. The summed E-state index contributed by atoms with van der Waals surface area (Å²) in [5.74, 6) is 0.0777. The third kappa shape index (κ3) is 4.58. The van der Waals surface area contributed by atoms with Crippen molar-refractivity contribution >= 4 is 27.9 Å². The first-order valence-electron chi connectivity index (χ1n) is 7.38. The van der Waals surface area contributed by atoms with Gasteiger partial charge in [0.1, 0.15) is 11.5 Å². The third-order valence-corrected chi connectivity index (χ3v) is 3.75. The molecule has 0 bridgehead atoms. The van der Waals surface area contributed by atoms with E-state index in [1.807, 2.05) is 6.92 Å². The first-order valence-corrected chi connectivity index (χ1v) is 8.17. The highest BCUT2D eigenvalue weighted by atomic mass is 79.9. The Morgan fingerprint density at radius 2 is 1.67 bits per heavy atom. The first kappa shape index (κ1) is 18.0. The molecule has 0 spiro atoms. The van der Waals surface area contributed by atoms with Gasteiger partial charge in [-0.3, -0.25) is 0 Å². The van der Waals surface area contributed by atoms with E-state index in [1.165, 1.54) is 0 Å². The SMILES string of the molecule is CCCOC(=O)c1ccc(OC(=O)c2ccc(OC)c(Br)c2)cc1. The van der Waals surface area contributed by atoms with Crippen LogP contribution in [-0.2, 0) is 4.74 Å². The third-order valence-electron chi connectivity index (χ3n) is 3.13. The van der Waals surface area contributed by atoms with E-state index >= 15 is 0 Å². The highest BCUT2D eigenvalue weighted by Crippen LogP contribution is 2.26. The molecule has 0 aliphatic rings. The summed E-state index contributed by atoms with van der Waals surface area (Å²) in [5, 5.41) is 0. The largest absolute Gasteiger partial charge is 0.496 e. The van der Waals surface area contributed by atoms with Gasteiger partial charge in [-0.05, 0) is 64.8 Å². The molecule has 0 fully saturated rings. The summed E-state index contributed by atoms with van der Waals surface area (Å²) >= 11 is 3.32. The van der Waals surface area contributed by atoms with Crippen LogP contribution in [0.4, 0.5) is 0 Å². The zero-order valence-corrected chi connectivity index (χ0v) is 15.0. The number of ether oxygens (including phenoxy) is 3. The van der Waals surface area contributed by atoms with Crippen molar-refractivity contribution in [3.05, 3.63) is 58.1 Å². The summed E-state index contributed by atoms with van der Waals surface area (Å²) in [6.45, 7) is 2.30. The molecule has 0 heterocycles. The van der Waals surface area contributed by atoms with Crippen LogP contribution in [0.1, 0.15) is 34.1 Å². The van der Waals surface area contributed by atoms with Crippen molar-refractivity contribution in [3.63, 3.8) is 0 Å². The summed E-state index contributed by atoms with van der Waals surface area (Å²) < 4.78 is 16.1. The van der Waals surface area contributed by atoms with Crippen molar-refractivity contribution < 1.29 is 23.8 Å². The lowest BCUT2D eigenvalue weighted by Gasteiger charge is -2.08. The molecule has 0 amide bonds. The van der Waals surface area contributed by atoms with Gasteiger partial charge in [0.25, 0.3) is 0 Å². The van der Waals surface area contributed by atoms with Crippen LogP contribution in [-0.4, -0.2) is 25.7 Å². The summed E-state index contributed by atoms with van der Waals surface area (Å²) in [6.07, 6.45) is 0.763. The van der Waals surface area contributed by atoms with E-state index in [0.717, 1.165) is 6.42 Å². The number of esters is 2. The summed E-state index contributed by atoms with van der Waals surface area (Å²) in [5.41, 5.74) is 0.796. The molecule has 0 saturated heterocycles. The second-order valence-corrected chi connectivity index (χ2v) is 5.75. The maximum absolute atomic E-state index is 12.2. The fourth-order valence-electron chi connectivity index (χ4n) is 1.90. The number of carbonyl (C=O) groups excluding carboxylic acids is 2. The van der Waals surface area contributed by atoms with Gasteiger partial charge < -0.3 is 14.2 Å². The van der Waals surface area contributed by atoms with Crippen LogP contribution in [0.5, 0.6) is 11.5 Å². The van der Waals surface area contributed by atoms with Gasteiger partial charge in [-0.1, -0.05) is 6.92 Å². The van der Waals surface area contributed by atoms with Crippen molar-refractivity contribution in [2.75, 3.05) is 13.7 Å². The van der Waals surface area contributed by atoms with E-state index in [4.69, 9.17) is 14.2 Å². The van der Waals surface area contributed by atoms with Gasteiger partial charge in [0.05, 0.1) is 29.3 Å². The Labute approximate surface area is 148 Å². The number of hydrogen-bond donors (Lipinski definition) is 0. The molecular weight excluding hydrogens is 376 g/mol. The molecule has 0 aromatic heterocycles. The highest BCUT2D eigenvalue weighted by Gasteiger charge is 2.12. The van der Waals surface area contributed by atoms with Crippen LogP contribution in [0.3, 0.4) is 0 Å². The average Bonchev–Trinajstić information content (AvgIpc) is 2.60. The smallest absolute Gasteiger partial charge is 0.343 e. The molecule has 0 saturated carbocycles. The molecule has 24 heavy (non-hydrogen) atoms. The average molecular weight is 393 g/mol. The van der Waals surface area contributed by atoms with Gasteiger partial charge >= 0.3 is 11.9 Å². The molecule has 0 aliphatic heterocycles. The molecule has 2 aromatic rings. The van der Waals surface area contributed by atoms with Gasteiger partial charge in [0.15, 0.2) is 0 Å². The molecular formula is C18H17BrO5. The number of rotatable bonds is 6. The Kier molecular flexibility index (Phi) is 6.37. The second-order valence-electron chi connectivity index (χ2n) is 4.90. The Morgan fingerprint density at radius 1 is 1.00 bits per heavy atom. The van der Waals surface area contributed by atoms with E-state index in [0.29, 0.717) is 33.7 Å². The Hall–Kier alpha value is -2.34. The number of carbonyl (C=O) groups is 2. The predicted octanol–water partition coefficient (Wildman–Crippen LogP) is 4.24. The fraction of sp³-hybridized carbons (Fsp3) is 0.222. The lowest BCUT2D eigenvalue weighted by atomic mass is 10.2. The van der Waals surface area contributed by atoms with Gasteiger partial charge in [-0.25, -0.2) is 9.59 Å². The monoisotopic (exact) mass is 392 g/mol. The zero-order valence-electron chi connectivity index (χ0n) is 13.4. The molecule has 126 valence electrons. The topological polar surface area (TPSA) is 61.8 Å². The molecule has 2 aromatic carbocycles. The maximum atomic E-state index is 12.2. The van der Waals surface area contributed by atoms with Gasteiger partial charge in [-0.15, -0.1) is 0 Å². The lowest BCUT2D eigenvalue weighted by molar-refractivity contribution is 0.0505. The van der Waals surface area contributed by atoms with Gasteiger partial charge in [-0.2, -0.15) is 0 Å². The minimum atomic E-state index is -0.500. The van der Waals surface area contributed by atoms with Crippen molar-refractivity contribution in [1.29, 1.82) is 0 Å². The van der Waals surface area contributed by atoms with Crippen LogP contribution in [0.2, 0.25) is 0 Å². The summed E-state index contributed by atoms with van der Waals surface area (Å²) in [7, 11) is 1.55. The van der Waals surface area contributed by atoms with Crippen LogP contribution >= 0.6 is 15.9 Å². The minimum Gasteiger partial charge on any atom is -0.496 e. The van der Waals surface area contributed by atoms with Crippen molar-refractivity contribution in [3.8, 4) is 11.5 Å². The second kappa shape index (κ2) is 8.49. The first-order chi connectivity index (χ1) is 11.5. The predicted molar refractivity (Wildman–Crippen MR) is 92.7 cm³/mol. The molecule has 0 atom stereocenters. The van der Waals surface area contributed by atoms with E-state index in [-0.39, 0.29) is 0 Å². The number of benzene rings is 2. The minimum absolute atomic E-state index is 0.346. The van der Waals surface area contributed by atoms with Gasteiger partial charge in [0.2, 0.25) is 0 Å². The van der Waals surface area contributed by atoms with Crippen molar-refractivity contribution in [2.45, 2.75) is 13.3 Å². The van der Waals surface area contributed by atoms with E-state index in [2.05, 4.69) is 15.9 Å². The van der Waals surface area contributed by atoms with Crippen LogP contribution < -0.4 is 9.47 Å². The standard InChI is InChI=1S/C18H17BrO5/c1-3-10-23-17(20)12-4-7-14(8-5-12)24-18(21)13-6-9-16(22-2)15(19)11-13/h4-9,11H,3,10H2,1-2H3. The Morgan fingerprint density at radius 3 is 2.25 bits per heavy atom.